The molecule has 0 amide bonds. The Morgan fingerprint density at radius 3 is 1.46 bits per heavy atom. The zero-order valence-corrected chi connectivity index (χ0v) is 30.4. The number of nitrogens with one attached hydrogen (secondary N) is 2. The number of benzene rings is 5. The van der Waals surface area contributed by atoms with Gasteiger partial charge in [0, 0.05) is 20.9 Å². The highest BCUT2D eigenvalue weighted by Crippen LogP contribution is 2.36. The van der Waals surface area contributed by atoms with Gasteiger partial charge in [0.25, 0.3) is 0 Å². The number of nitrogens with zero attached hydrogens (tertiary/aromatic N) is 4. The van der Waals surface area contributed by atoms with Crippen LogP contribution in [0.2, 0.25) is 0 Å². The van der Waals surface area contributed by atoms with Gasteiger partial charge in [-0.3, -0.25) is 0 Å². The topological polar surface area (TPSA) is 191 Å². The molecule has 0 aliphatic heterocycles. The van der Waals surface area contributed by atoms with Crippen LogP contribution in [0.25, 0.3) is 44.1 Å². The van der Waals surface area contributed by atoms with Crippen molar-refractivity contribution in [1.82, 2.24) is 19.9 Å². The van der Waals surface area contributed by atoms with Crippen molar-refractivity contribution in [1.29, 1.82) is 0 Å². The van der Waals surface area contributed by atoms with Crippen LogP contribution in [0.5, 0.6) is 23.0 Å². The predicted molar refractivity (Wildman–Crippen MR) is 210 cm³/mol. The van der Waals surface area contributed by atoms with Crippen LogP contribution < -0.4 is 47.0 Å². The molecule has 7 rings (SSSR count). The lowest BCUT2D eigenvalue weighted by atomic mass is 10.0. The van der Waals surface area contributed by atoms with Crippen molar-refractivity contribution in [3.8, 4) is 45.3 Å². The molecule has 0 bridgehead atoms. The summed E-state index contributed by atoms with van der Waals surface area (Å²) in [7, 11) is 6.46. The van der Waals surface area contributed by atoms with E-state index in [1.807, 2.05) is 97.1 Å². The van der Waals surface area contributed by atoms with Gasteiger partial charge in [0.05, 0.1) is 39.5 Å². The Morgan fingerprint density at radius 1 is 0.519 bits per heavy atom. The van der Waals surface area contributed by atoms with E-state index < -0.39 is 0 Å². The molecule has 0 fully saturated rings. The molecule has 8 N–H and O–H groups in total. The molecule has 5 aromatic carbocycles. The third-order valence-corrected chi connectivity index (χ3v) is 8.58. The summed E-state index contributed by atoms with van der Waals surface area (Å²) >= 11 is 3.49. The van der Waals surface area contributed by atoms with Crippen molar-refractivity contribution in [2.45, 2.75) is 0 Å². The number of nitrogens with two attached hydrogens (primary N) is 3. The fourth-order valence-electron chi connectivity index (χ4n) is 5.59. The van der Waals surface area contributed by atoms with Crippen LogP contribution in [-0.4, -0.2) is 48.4 Å². The molecule has 0 spiro atoms. The number of rotatable bonds is 9. The van der Waals surface area contributed by atoms with Crippen LogP contribution in [0.15, 0.2) is 102 Å². The Labute approximate surface area is 308 Å². The molecular formula is C38H36BrN9O4. The molecule has 2 heterocycles. The molecule has 264 valence electrons. The molecule has 0 aliphatic rings. The summed E-state index contributed by atoms with van der Waals surface area (Å²) in [6.45, 7) is 0. The minimum Gasteiger partial charge on any atom is -0.493 e. The Morgan fingerprint density at radius 2 is 0.981 bits per heavy atom. The van der Waals surface area contributed by atoms with Gasteiger partial charge in [-0.05, 0) is 89.0 Å². The smallest absolute Gasteiger partial charge is 0.222 e. The summed E-state index contributed by atoms with van der Waals surface area (Å²) in [5.41, 5.74) is 20.5. The Balaban J connectivity index is 0.000000183. The number of nitrogen functional groups attached to an aromatic ring is 3. The molecule has 14 heteroatoms. The maximum Gasteiger partial charge on any atom is 0.222 e. The Hall–Kier alpha value is -6.38. The van der Waals surface area contributed by atoms with Crippen molar-refractivity contribution in [2.75, 3.05) is 50.6 Å². The second-order valence-corrected chi connectivity index (χ2v) is 12.2. The zero-order valence-electron chi connectivity index (χ0n) is 28.8. The number of hydrogen-bond donors (Lipinski definition) is 5. The number of ether oxygens (including phenoxy) is 4. The molecule has 0 aliphatic carbocycles. The fourth-order valence-corrected chi connectivity index (χ4v) is 5.99. The van der Waals surface area contributed by atoms with Gasteiger partial charge in [0.1, 0.15) is 5.82 Å². The number of anilines is 5. The molecule has 2 aromatic heterocycles. The number of halogens is 1. The second-order valence-electron chi connectivity index (χ2n) is 11.2. The molecule has 0 unspecified atom stereocenters. The molecule has 13 nitrogen and oxygen atoms in total. The van der Waals surface area contributed by atoms with Gasteiger partial charge >= 0.3 is 0 Å². The third kappa shape index (κ3) is 7.67. The standard InChI is InChI=1S/C22H19BrN4O2.C16H17N5O2/c1-28-19-9-7-14(11-20(19)29-2)13-6-8-18-17(10-13)21(27-22(24)26-18)25-16-5-3-4-15(23)12-16;1-22-13-6-4-10(8-14(13)23-2)9-3-5-12-11(7-9)15(21-18)20-16(17)19-12/h3-12H,1-2H3,(H3,24,25,26,27);3-8H,18H2,1-2H3,(H3,17,19,20,21). The highest BCUT2D eigenvalue weighted by Gasteiger charge is 2.13. The maximum absolute atomic E-state index is 5.93. The summed E-state index contributed by atoms with van der Waals surface area (Å²) in [6, 6.07) is 31.2. The van der Waals surface area contributed by atoms with E-state index in [-0.39, 0.29) is 11.9 Å². The molecule has 0 atom stereocenters. The summed E-state index contributed by atoms with van der Waals surface area (Å²) in [5, 5.41) is 5.00. The number of aromatic nitrogens is 4. The van der Waals surface area contributed by atoms with Crippen LogP contribution in [0, 0.1) is 0 Å². The zero-order chi connectivity index (χ0) is 36.8. The molecule has 0 radical (unpaired) electrons. The first kappa shape index (κ1) is 35.4. The summed E-state index contributed by atoms with van der Waals surface area (Å²) < 4.78 is 22.3. The molecule has 7 aromatic rings. The van der Waals surface area contributed by atoms with Crippen LogP contribution in [0.1, 0.15) is 0 Å². The largest absolute Gasteiger partial charge is 0.493 e. The average Bonchev–Trinajstić information content (AvgIpc) is 3.16. The SMILES string of the molecule is COc1ccc(-c2ccc3nc(N)nc(NN)c3c2)cc1OC.COc1ccc(-c2ccc3nc(N)nc(Nc4cccc(Br)c4)c3c2)cc1OC. The van der Waals surface area contributed by atoms with E-state index in [0.717, 1.165) is 54.2 Å². The van der Waals surface area contributed by atoms with Gasteiger partial charge in [-0.25, -0.2) is 15.8 Å². The highest BCUT2D eigenvalue weighted by atomic mass is 79.9. The molecule has 0 saturated heterocycles. The van der Waals surface area contributed by atoms with E-state index in [0.29, 0.717) is 34.6 Å². The van der Waals surface area contributed by atoms with E-state index in [1.165, 1.54) is 0 Å². The molecule has 52 heavy (non-hydrogen) atoms. The van der Waals surface area contributed by atoms with Crippen molar-refractivity contribution < 1.29 is 18.9 Å². The first-order chi connectivity index (χ1) is 25.2. The van der Waals surface area contributed by atoms with Gasteiger partial charge in [-0.1, -0.05) is 46.3 Å². The summed E-state index contributed by atoms with van der Waals surface area (Å²) in [5.74, 6) is 9.74. The van der Waals surface area contributed by atoms with Crippen LogP contribution in [0.3, 0.4) is 0 Å². The van der Waals surface area contributed by atoms with Gasteiger partial charge in [0.2, 0.25) is 11.9 Å². The summed E-state index contributed by atoms with van der Waals surface area (Å²) in [4.78, 5) is 17.1. The quantitative estimate of drug-likeness (QED) is 0.0715. The van der Waals surface area contributed by atoms with Gasteiger partial charge in [0.15, 0.2) is 28.8 Å². The predicted octanol–water partition coefficient (Wildman–Crippen LogP) is 7.58. The number of hydrogen-bond acceptors (Lipinski definition) is 13. The molecule has 0 saturated carbocycles. The van der Waals surface area contributed by atoms with Crippen molar-refractivity contribution >= 4 is 67.0 Å². The van der Waals surface area contributed by atoms with E-state index in [9.17, 15) is 0 Å². The van der Waals surface area contributed by atoms with Crippen molar-refractivity contribution in [2.24, 2.45) is 5.84 Å². The van der Waals surface area contributed by atoms with Crippen LogP contribution in [-0.2, 0) is 0 Å². The van der Waals surface area contributed by atoms with Crippen molar-refractivity contribution in [3.05, 3.63) is 102 Å². The maximum atomic E-state index is 5.93. The van der Waals surface area contributed by atoms with E-state index in [4.69, 9.17) is 36.3 Å². The normalized spacial score (nSPS) is 10.7. The average molecular weight is 763 g/mol. The Kier molecular flexibility index (Phi) is 10.7. The van der Waals surface area contributed by atoms with Gasteiger partial charge < -0.3 is 41.2 Å². The van der Waals surface area contributed by atoms with E-state index in [1.54, 1.807) is 28.4 Å². The minimum absolute atomic E-state index is 0.171. The monoisotopic (exact) mass is 761 g/mol. The second kappa shape index (κ2) is 15.7. The third-order valence-electron chi connectivity index (χ3n) is 8.08. The first-order valence-electron chi connectivity index (χ1n) is 15.8. The Bertz CT molecular complexity index is 2390. The minimum atomic E-state index is 0.171. The van der Waals surface area contributed by atoms with E-state index >= 15 is 0 Å². The van der Waals surface area contributed by atoms with Gasteiger partial charge in [-0.2, -0.15) is 9.97 Å². The first-order valence-corrected chi connectivity index (χ1v) is 16.6. The van der Waals surface area contributed by atoms with Crippen molar-refractivity contribution in [3.63, 3.8) is 0 Å². The highest BCUT2D eigenvalue weighted by molar-refractivity contribution is 9.10. The summed E-state index contributed by atoms with van der Waals surface area (Å²) in [6.07, 6.45) is 0. The number of hydrazine groups is 1. The fraction of sp³-hybridized carbons (Fsp3) is 0.105. The number of methoxy groups -OCH3 is 4. The van der Waals surface area contributed by atoms with Gasteiger partial charge in [-0.15, -0.1) is 0 Å². The lowest BCUT2D eigenvalue weighted by Gasteiger charge is -2.12. The van der Waals surface area contributed by atoms with Crippen LogP contribution >= 0.6 is 15.9 Å². The van der Waals surface area contributed by atoms with E-state index in [2.05, 4.69) is 46.6 Å². The lowest BCUT2D eigenvalue weighted by molar-refractivity contribution is 0.355. The number of fused-ring (bicyclic) bond motifs is 2. The molecular weight excluding hydrogens is 726 g/mol. The van der Waals surface area contributed by atoms with Crippen LogP contribution in [0.4, 0.5) is 29.2 Å². The lowest BCUT2D eigenvalue weighted by Crippen LogP contribution is -2.11.